The molecule has 0 saturated carbocycles. The molecule has 5 nitrogen and oxygen atoms in total. The molecule has 3 heterocycles. The van der Waals surface area contributed by atoms with Gasteiger partial charge in [-0.05, 0) is 37.1 Å². The van der Waals surface area contributed by atoms with Gasteiger partial charge in [-0.15, -0.1) is 0 Å². The lowest BCUT2D eigenvalue weighted by molar-refractivity contribution is 0.0397. The average molecular weight is 366 g/mol. The summed E-state index contributed by atoms with van der Waals surface area (Å²) in [5, 5.41) is 4.53. The highest BCUT2D eigenvalue weighted by Crippen LogP contribution is 2.26. The number of anilines is 1. The van der Waals surface area contributed by atoms with Gasteiger partial charge < -0.3 is 10.5 Å². The van der Waals surface area contributed by atoms with Crippen molar-refractivity contribution in [3.05, 3.63) is 70.7 Å². The van der Waals surface area contributed by atoms with E-state index in [1.807, 2.05) is 6.92 Å². The molecule has 0 saturated heterocycles. The first kappa shape index (κ1) is 17.2. The van der Waals surface area contributed by atoms with E-state index in [9.17, 15) is 8.78 Å². The molecule has 0 spiro atoms. The number of pyridine rings is 1. The second-order valence-corrected chi connectivity index (χ2v) is 6.33. The van der Waals surface area contributed by atoms with Crippen LogP contribution < -0.4 is 5.73 Å². The largest absolute Gasteiger partial charge is 0.384 e. The molecule has 27 heavy (non-hydrogen) atoms. The highest BCUT2D eigenvalue weighted by Gasteiger charge is 2.25. The Morgan fingerprint density at radius 1 is 1.19 bits per heavy atom. The van der Waals surface area contributed by atoms with Gasteiger partial charge in [0.2, 0.25) is 0 Å². The molecule has 0 fully saturated rings. The van der Waals surface area contributed by atoms with E-state index in [0.717, 1.165) is 23.4 Å². The van der Waals surface area contributed by atoms with Gasteiger partial charge in [-0.25, -0.2) is 18.4 Å². The Labute approximate surface area is 154 Å². The molecule has 1 atom stereocenters. The van der Waals surface area contributed by atoms with E-state index in [4.69, 9.17) is 10.5 Å². The van der Waals surface area contributed by atoms with Crippen LogP contribution in [-0.2, 0) is 17.8 Å². The molecule has 2 aromatic heterocycles. The molecular weight excluding hydrogens is 350 g/mol. The number of fused-ring (bicyclic) bond motifs is 1. The summed E-state index contributed by atoms with van der Waals surface area (Å²) in [5.41, 5.74) is 9.01. The van der Waals surface area contributed by atoms with Crippen molar-refractivity contribution in [3.63, 3.8) is 0 Å². The number of nitrogens with two attached hydrogens (primary N) is 1. The van der Waals surface area contributed by atoms with Crippen molar-refractivity contribution in [1.82, 2.24) is 14.8 Å². The zero-order valence-electron chi connectivity index (χ0n) is 14.5. The van der Waals surface area contributed by atoms with Gasteiger partial charge in [-0.2, -0.15) is 5.10 Å². The van der Waals surface area contributed by atoms with Crippen molar-refractivity contribution < 1.29 is 13.5 Å². The quantitative estimate of drug-likeness (QED) is 0.673. The summed E-state index contributed by atoms with van der Waals surface area (Å²) in [4.78, 5) is 4.01. The Morgan fingerprint density at radius 3 is 2.78 bits per heavy atom. The molecule has 2 N–H and O–H groups in total. The SMILES string of the molecule is C[C@H]1Cc2c(c(C#Cc3ccc(N)nc3)nn2-c2ccc(F)c(F)c2)CO1. The van der Waals surface area contributed by atoms with Crippen molar-refractivity contribution in [2.45, 2.75) is 26.1 Å². The van der Waals surface area contributed by atoms with Gasteiger partial charge in [0.1, 0.15) is 11.5 Å². The second-order valence-electron chi connectivity index (χ2n) is 6.33. The van der Waals surface area contributed by atoms with Crippen molar-refractivity contribution in [1.29, 1.82) is 0 Å². The summed E-state index contributed by atoms with van der Waals surface area (Å²) in [6.45, 7) is 2.32. The Morgan fingerprint density at radius 2 is 2.04 bits per heavy atom. The van der Waals surface area contributed by atoms with Crippen LogP contribution in [0.2, 0.25) is 0 Å². The molecule has 1 aliphatic rings. The molecule has 0 bridgehead atoms. The fourth-order valence-electron chi connectivity index (χ4n) is 2.94. The minimum atomic E-state index is -0.919. The zero-order valence-corrected chi connectivity index (χ0v) is 14.5. The number of benzene rings is 1. The van der Waals surface area contributed by atoms with Gasteiger partial charge in [0.05, 0.1) is 24.1 Å². The van der Waals surface area contributed by atoms with Gasteiger partial charge in [-0.1, -0.05) is 5.92 Å². The summed E-state index contributed by atoms with van der Waals surface area (Å²) in [5.74, 6) is 4.63. The standard InChI is InChI=1S/C20H16F2N4O/c1-12-8-19-15(11-27-12)18(6-2-13-3-7-20(23)24-10-13)25-26(19)14-4-5-16(21)17(22)9-14/h3-5,7,9-10,12H,8,11H2,1H3,(H2,23,24)/t12-/m0/s1. The van der Waals surface area contributed by atoms with E-state index >= 15 is 0 Å². The van der Waals surface area contributed by atoms with E-state index in [2.05, 4.69) is 21.9 Å². The molecular formula is C20H16F2N4O. The molecule has 0 unspecified atom stereocenters. The summed E-state index contributed by atoms with van der Waals surface area (Å²) < 4.78 is 34.3. The maximum Gasteiger partial charge on any atom is 0.160 e. The number of halogens is 2. The lowest BCUT2D eigenvalue weighted by Gasteiger charge is -2.20. The fourth-order valence-corrected chi connectivity index (χ4v) is 2.94. The third-order valence-electron chi connectivity index (χ3n) is 4.34. The maximum absolute atomic E-state index is 13.7. The number of ether oxygens (including phenoxy) is 1. The van der Waals surface area contributed by atoms with Crippen LogP contribution in [0.5, 0.6) is 0 Å². The van der Waals surface area contributed by atoms with Gasteiger partial charge in [0.15, 0.2) is 11.6 Å². The van der Waals surface area contributed by atoms with E-state index in [1.165, 1.54) is 6.07 Å². The third kappa shape index (κ3) is 3.39. The summed E-state index contributed by atoms with van der Waals surface area (Å²) in [7, 11) is 0. The number of hydrogen-bond acceptors (Lipinski definition) is 4. The smallest absolute Gasteiger partial charge is 0.160 e. The third-order valence-corrected chi connectivity index (χ3v) is 4.34. The van der Waals surface area contributed by atoms with Crippen molar-refractivity contribution >= 4 is 5.82 Å². The first-order valence-electron chi connectivity index (χ1n) is 8.42. The van der Waals surface area contributed by atoms with E-state index in [-0.39, 0.29) is 6.10 Å². The molecule has 0 aliphatic carbocycles. The predicted octanol–water partition coefficient (Wildman–Crippen LogP) is 2.99. The highest BCUT2D eigenvalue weighted by molar-refractivity contribution is 5.48. The molecule has 7 heteroatoms. The number of aromatic nitrogens is 3. The number of nitrogen functional groups attached to an aromatic ring is 1. The van der Waals surface area contributed by atoms with Crippen LogP contribution >= 0.6 is 0 Å². The molecule has 0 radical (unpaired) electrons. The van der Waals surface area contributed by atoms with Crippen molar-refractivity contribution in [3.8, 4) is 17.5 Å². The van der Waals surface area contributed by atoms with Crippen LogP contribution in [0.15, 0.2) is 36.5 Å². The lowest BCUT2D eigenvalue weighted by atomic mass is 10.1. The first-order valence-corrected chi connectivity index (χ1v) is 8.42. The topological polar surface area (TPSA) is 66.0 Å². The van der Waals surface area contributed by atoms with E-state index < -0.39 is 11.6 Å². The molecule has 136 valence electrons. The van der Waals surface area contributed by atoms with Gasteiger partial charge in [-0.3, -0.25) is 0 Å². The van der Waals surface area contributed by atoms with Crippen molar-refractivity contribution in [2.24, 2.45) is 0 Å². The molecule has 1 aromatic carbocycles. The van der Waals surface area contributed by atoms with Crippen LogP contribution in [0.1, 0.15) is 29.4 Å². The first-order chi connectivity index (χ1) is 13.0. The number of hydrogen-bond donors (Lipinski definition) is 1. The molecule has 1 aliphatic heterocycles. The Bertz CT molecular complexity index is 1060. The molecule has 3 aromatic rings. The minimum Gasteiger partial charge on any atom is -0.384 e. The molecule has 0 amide bonds. The van der Waals surface area contributed by atoms with Crippen LogP contribution in [0.3, 0.4) is 0 Å². The monoisotopic (exact) mass is 366 g/mol. The summed E-state index contributed by atoms with van der Waals surface area (Å²) >= 11 is 0. The van der Waals surface area contributed by atoms with Gasteiger partial charge in [0.25, 0.3) is 0 Å². The highest BCUT2D eigenvalue weighted by atomic mass is 19.2. The van der Waals surface area contributed by atoms with Crippen LogP contribution in [0, 0.1) is 23.5 Å². The average Bonchev–Trinajstić information content (AvgIpc) is 3.01. The summed E-state index contributed by atoms with van der Waals surface area (Å²) in [6, 6.07) is 7.15. The van der Waals surface area contributed by atoms with Crippen LogP contribution in [0.25, 0.3) is 5.69 Å². The van der Waals surface area contributed by atoms with E-state index in [0.29, 0.717) is 35.8 Å². The van der Waals surface area contributed by atoms with Crippen molar-refractivity contribution in [2.75, 3.05) is 5.73 Å². The van der Waals surface area contributed by atoms with Crippen LogP contribution in [-0.4, -0.2) is 20.9 Å². The van der Waals surface area contributed by atoms with Gasteiger partial charge >= 0.3 is 0 Å². The predicted molar refractivity (Wildman–Crippen MR) is 96.1 cm³/mol. The number of nitrogens with zero attached hydrogens (tertiary/aromatic N) is 3. The second kappa shape index (κ2) is 6.82. The zero-order chi connectivity index (χ0) is 19.0. The maximum atomic E-state index is 13.7. The normalized spacial score (nSPS) is 15.7. The number of rotatable bonds is 1. The van der Waals surface area contributed by atoms with Gasteiger partial charge in [0, 0.05) is 29.8 Å². The lowest BCUT2D eigenvalue weighted by Crippen LogP contribution is -2.21. The Hall–Kier alpha value is -3.24. The Kier molecular flexibility index (Phi) is 4.34. The Balaban J connectivity index is 1.79. The summed E-state index contributed by atoms with van der Waals surface area (Å²) in [6.07, 6.45) is 2.19. The van der Waals surface area contributed by atoms with E-state index in [1.54, 1.807) is 23.0 Å². The van der Waals surface area contributed by atoms with Crippen LogP contribution in [0.4, 0.5) is 14.6 Å². The molecule has 4 rings (SSSR count). The fraction of sp³-hybridized carbons (Fsp3) is 0.200. The minimum absolute atomic E-state index is 0.000327.